The molecule has 2 aliphatic heterocycles. The number of nitrogens with zero attached hydrogens (tertiary/aromatic N) is 1. The van der Waals surface area contributed by atoms with Crippen molar-refractivity contribution in [2.45, 2.75) is 25.3 Å². The Morgan fingerprint density at radius 1 is 1.47 bits per heavy atom. The molecule has 2 heterocycles. The Morgan fingerprint density at radius 3 is 2.94 bits per heavy atom. The Kier molecular flexibility index (Phi) is 4.28. The molecule has 0 saturated carbocycles. The van der Waals surface area contributed by atoms with Crippen molar-refractivity contribution in [2.75, 3.05) is 24.7 Å². The van der Waals surface area contributed by atoms with Gasteiger partial charge in [-0.25, -0.2) is 0 Å². The van der Waals surface area contributed by atoms with Crippen LogP contribution in [-0.2, 0) is 9.59 Å². The van der Waals surface area contributed by atoms with Crippen molar-refractivity contribution in [1.29, 1.82) is 0 Å². The Bertz CT molecular complexity index is 305. The fourth-order valence-electron chi connectivity index (χ4n) is 2.45. The third kappa shape index (κ3) is 3.35. The van der Waals surface area contributed by atoms with Gasteiger partial charge >= 0.3 is 5.97 Å². The summed E-state index contributed by atoms with van der Waals surface area (Å²) >= 11 is 1.73. The number of thioether (sulfide) groups is 1. The number of carbonyl (C=O) groups excluding carboxylic acids is 1. The van der Waals surface area contributed by atoms with Gasteiger partial charge in [0.1, 0.15) is 0 Å². The van der Waals surface area contributed by atoms with Crippen LogP contribution in [0.25, 0.3) is 0 Å². The molecule has 0 bridgehead atoms. The maximum atomic E-state index is 12.1. The highest BCUT2D eigenvalue weighted by Gasteiger charge is 2.31. The van der Waals surface area contributed by atoms with E-state index < -0.39 is 5.97 Å². The summed E-state index contributed by atoms with van der Waals surface area (Å²) in [7, 11) is 0. The molecule has 0 aromatic rings. The third-order valence-electron chi connectivity index (χ3n) is 3.31. The molecular formula is C11H18N2O3S. The molecular weight excluding hydrogens is 240 g/mol. The molecule has 0 aromatic carbocycles. The maximum Gasteiger partial charge on any atom is 0.303 e. The van der Waals surface area contributed by atoms with E-state index in [1.54, 1.807) is 11.8 Å². The summed E-state index contributed by atoms with van der Waals surface area (Å²) in [4.78, 5) is 24.6. The second kappa shape index (κ2) is 5.73. The van der Waals surface area contributed by atoms with Crippen molar-refractivity contribution >= 4 is 23.6 Å². The van der Waals surface area contributed by atoms with E-state index in [0.717, 1.165) is 31.0 Å². The van der Waals surface area contributed by atoms with E-state index in [1.165, 1.54) is 0 Å². The molecule has 6 heteroatoms. The van der Waals surface area contributed by atoms with Crippen LogP contribution in [-0.4, -0.2) is 52.6 Å². The first kappa shape index (κ1) is 12.7. The summed E-state index contributed by atoms with van der Waals surface area (Å²) in [5.74, 6) is 1.17. The lowest BCUT2D eigenvalue weighted by atomic mass is 9.94. The molecule has 1 amide bonds. The monoisotopic (exact) mass is 258 g/mol. The van der Waals surface area contributed by atoms with Crippen molar-refractivity contribution in [3.8, 4) is 0 Å². The van der Waals surface area contributed by atoms with E-state index in [-0.39, 0.29) is 24.3 Å². The van der Waals surface area contributed by atoms with Crippen LogP contribution in [0.1, 0.15) is 19.3 Å². The SMILES string of the molecule is O=C(O)CC1CCCN(C(=O)C2CSCN2)C1. The zero-order valence-electron chi connectivity index (χ0n) is 9.72. The van der Waals surface area contributed by atoms with Crippen molar-refractivity contribution in [3.63, 3.8) is 0 Å². The lowest BCUT2D eigenvalue weighted by Crippen LogP contribution is -2.49. The summed E-state index contributed by atoms with van der Waals surface area (Å²) in [5.41, 5.74) is 0. The van der Waals surface area contributed by atoms with Gasteiger partial charge in [0.25, 0.3) is 0 Å². The minimum atomic E-state index is -0.765. The van der Waals surface area contributed by atoms with Gasteiger partial charge in [-0.15, -0.1) is 11.8 Å². The average molecular weight is 258 g/mol. The number of hydrogen-bond acceptors (Lipinski definition) is 4. The number of piperidine rings is 1. The van der Waals surface area contributed by atoms with E-state index >= 15 is 0 Å². The summed E-state index contributed by atoms with van der Waals surface area (Å²) in [6.45, 7) is 1.38. The van der Waals surface area contributed by atoms with Crippen molar-refractivity contribution in [1.82, 2.24) is 10.2 Å². The standard InChI is InChI=1S/C11H18N2O3S/c14-10(15)4-8-2-1-3-13(5-8)11(16)9-6-17-7-12-9/h8-9,12H,1-7H2,(H,14,15). The summed E-state index contributed by atoms with van der Waals surface area (Å²) in [6, 6.07) is -0.0661. The largest absolute Gasteiger partial charge is 0.481 e. The highest BCUT2D eigenvalue weighted by Crippen LogP contribution is 2.21. The molecule has 2 fully saturated rings. The van der Waals surface area contributed by atoms with Crippen molar-refractivity contribution in [2.24, 2.45) is 5.92 Å². The quantitative estimate of drug-likeness (QED) is 0.765. The van der Waals surface area contributed by atoms with E-state index in [1.807, 2.05) is 4.90 Å². The first-order valence-electron chi connectivity index (χ1n) is 5.98. The predicted octanol–water partition coefficient (Wildman–Crippen LogP) is 0.362. The highest BCUT2D eigenvalue weighted by atomic mass is 32.2. The number of carboxylic acids is 1. The van der Waals surface area contributed by atoms with Gasteiger partial charge in [0.2, 0.25) is 5.91 Å². The second-order valence-electron chi connectivity index (χ2n) is 4.66. The molecule has 2 rings (SSSR count). The number of hydrogen-bond donors (Lipinski definition) is 2. The number of rotatable bonds is 3. The molecule has 0 spiro atoms. The third-order valence-corrected chi connectivity index (χ3v) is 4.25. The molecule has 5 nitrogen and oxygen atoms in total. The average Bonchev–Trinajstić information content (AvgIpc) is 2.81. The molecule has 2 atom stereocenters. The predicted molar refractivity (Wildman–Crippen MR) is 65.8 cm³/mol. The Labute approximate surface area is 105 Å². The zero-order valence-corrected chi connectivity index (χ0v) is 10.5. The fraction of sp³-hybridized carbons (Fsp3) is 0.818. The molecule has 2 aliphatic rings. The molecule has 0 aromatic heterocycles. The van der Waals surface area contributed by atoms with E-state index in [2.05, 4.69) is 5.32 Å². The molecule has 2 N–H and O–H groups in total. The Morgan fingerprint density at radius 2 is 2.29 bits per heavy atom. The van der Waals surface area contributed by atoms with Gasteiger partial charge in [0.05, 0.1) is 6.04 Å². The summed E-state index contributed by atoms with van der Waals surface area (Å²) < 4.78 is 0. The molecule has 17 heavy (non-hydrogen) atoms. The number of nitrogens with one attached hydrogen (secondary N) is 1. The summed E-state index contributed by atoms with van der Waals surface area (Å²) in [5, 5.41) is 11.9. The number of carboxylic acid groups (broad SMARTS) is 1. The number of likely N-dealkylation sites (tertiary alicyclic amines) is 1. The van der Waals surface area contributed by atoms with Gasteiger partial charge in [-0.2, -0.15) is 0 Å². The van der Waals surface area contributed by atoms with Gasteiger partial charge in [0, 0.05) is 31.1 Å². The Balaban J connectivity index is 1.87. The molecule has 0 radical (unpaired) electrons. The first-order valence-corrected chi connectivity index (χ1v) is 7.14. The first-order chi connectivity index (χ1) is 8.16. The summed E-state index contributed by atoms with van der Waals surface area (Å²) in [6.07, 6.45) is 2.02. The van der Waals surface area contributed by atoms with Crippen molar-refractivity contribution in [3.05, 3.63) is 0 Å². The van der Waals surface area contributed by atoms with Crippen LogP contribution in [0.3, 0.4) is 0 Å². The fourth-order valence-corrected chi connectivity index (χ4v) is 3.39. The van der Waals surface area contributed by atoms with Crippen LogP contribution in [0.5, 0.6) is 0 Å². The topological polar surface area (TPSA) is 69.6 Å². The number of aliphatic carboxylic acids is 1. The van der Waals surface area contributed by atoms with Crippen LogP contribution in [0.15, 0.2) is 0 Å². The molecule has 2 unspecified atom stereocenters. The smallest absolute Gasteiger partial charge is 0.303 e. The van der Waals surface area contributed by atoms with E-state index in [0.29, 0.717) is 6.54 Å². The van der Waals surface area contributed by atoms with Crippen LogP contribution in [0, 0.1) is 5.92 Å². The van der Waals surface area contributed by atoms with Crippen molar-refractivity contribution < 1.29 is 14.7 Å². The lowest BCUT2D eigenvalue weighted by Gasteiger charge is -2.33. The van der Waals surface area contributed by atoms with Crippen LogP contribution in [0.4, 0.5) is 0 Å². The Hall–Kier alpha value is -0.750. The minimum Gasteiger partial charge on any atom is -0.481 e. The van der Waals surface area contributed by atoms with E-state index in [4.69, 9.17) is 5.11 Å². The minimum absolute atomic E-state index is 0.0661. The lowest BCUT2D eigenvalue weighted by molar-refractivity contribution is -0.141. The van der Waals surface area contributed by atoms with Crippen LogP contribution in [0.2, 0.25) is 0 Å². The zero-order chi connectivity index (χ0) is 12.3. The number of carbonyl (C=O) groups is 2. The van der Waals surface area contributed by atoms with Gasteiger partial charge < -0.3 is 10.0 Å². The van der Waals surface area contributed by atoms with Crippen LogP contribution >= 0.6 is 11.8 Å². The molecule has 2 saturated heterocycles. The molecule has 96 valence electrons. The normalized spacial score (nSPS) is 29.3. The highest BCUT2D eigenvalue weighted by molar-refractivity contribution is 7.99. The second-order valence-corrected chi connectivity index (χ2v) is 5.69. The van der Waals surface area contributed by atoms with Crippen LogP contribution < -0.4 is 5.32 Å². The van der Waals surface area contributed by atoms with Gasteiger partial charge in [-0.1, -0.05) is 0 Å². The van der Waals surface area contributed by atoms with E-state index in [9.17, 15) is 9.59 Å². The van der Waals surface area contributed by atoms with Gasteiger partial charge in [-0.05, 0) is 18.8 Å². The number of amides is 1. The van der Waals surface area contributed by atoms with Gasteiger partial charge in [0.15, 0.2) is 0 Å². The molecule has 0 aliphatic carbocycles. The maximum absolute atomic E-state index is 12.1. The van der Waals surface area contributed by atoms with Gasteiger partial charge in [-0.3, -0.25) is 14.9 Å².